The lowest BCUT2D eigenvalue weighted by atomic mass is 9.83. The molecule has 0 aliphatic carbocycles. The Morgan fingerprint density at radius 1 is 1.62 bits per heavy atom. The van der Waals surface area contributed by atoms with Crippen molar-refractivity contribution in [1.82, 2.24) is 4.90 Å². The summed E-state index contributed by atoms with van der Waals surface area (Å²) in [6.07, 6.45) is -4.32. The predicted molar refractivity (Wildman–Crippen MR) is 41.5 cm³/mol. The summed E-state index contributed by atoms with van der Waals surface area (Å²) in [5, 5.41) is 0. The summed E-state index contributed by atoms with van der Waals surface area (Å²) in [5.41, 5.74) is -0.785. The fourth-order valence-corrected chi connectivity index (χ4v) is 1.49. The van der Waals surface area contributed by atoms with Crippen LogP contribution in [0.4, 0.5) is 13.2 Å². The molecule has 76 valence electrons. The molecule has 13 heavy (non-hydrogen) atoms. The smallest absolute Gasteiger partial charge is 0.332 e. The van der Waals surface area contributed by atoms with Gasteiger partial charge in [-0.3, -0.25) is 4.79 Å². The van der Waals surface area contributed by atoms with Gasteiger partial charge in [0.1, 0.15) is 6.54 Å². The van der Waals surface area contributed by atoms with Gasteiger partial charge in [0.05, 0.1) is 5.41 Å². The average molecular weight is 216 g/mol. The van der Waals surface area contributed by atoms with Crippen LogP contribution < -0.4 is 0 Å². The van der Waals surface area contributed by atoms with E-state index in [1.807, 2.05) is 0 Å². The molecule has 1 aliphatic heterocycles. The van der Waals surface area contributed by atoms with Crippen LogP contribution in [0.3, 0.4) is 0 Å². The molecule has 0 aromatic heterocycles. The minimum atomic E-state index is -4.32. The average Bonchev–Trinajstić information content (AvgIpc) is 2.00. The van der Waals surface area contributed by atoms with Gasteiger partial charge >= 0.3 is 6.18 Å². The first-order chi connectivity index (χ1) is 5.78. The van der Waals surface area contributed by atoms with Crippen LogP contribution in [0.5, 0.6) is 0 Å². The number of halogens is 4. The minimum absolute atomic E-state index is 0.0696. The predicted octanol–water partition coefficient (Wildman–Crippen LogP) is 1.64. The molecule has 2 nitrogen and oxygen atoms in total. The number of likely N-dealkylation sites (tertiary alicyclic amines) is 1. The Hall–Kier alpha value is -0.450. The molecule has 0 radical (unpaired) electrons. The molecule has 1 amide bonds. The Kier molecular flexibility index (Phi) is 2.49. The van der Waals surface area contributed by atoms with Crippen LogP contribution in [0.25, 0.3) is 0 Å². The van der Waals surface area contributed by atoms with Gasteiger partial charge in [-0.15, -0.1) is 11.6 Å². The van der Waals surface area contributed by atoms with E-state index in [1.165, 1.54) is 0 Å². The molecule has 0 spiro atoms. The zero-order chi connectivity index (χ0) is 10.3. The molecular weight excluding hydrogens is 207 g/mol. The highest BCUT2D eigenvalue weighted by molar-refractivity contribution is 6.20. The van der Waals surface area contributed by atoms with Crippen LogP contribution in [-0.2, 0) is 4.79 Å². The van der Waals surface area contributed by atoms with Crippen LogP contribution in [0.1, 0.15) is 6.92 Å². The van der Waals surface area contributed by atoms with E-state index in [9.17, 15) is 18.0 Å². The normalized spacial score (nSPS) is 29.0. The number of alkyl halides is 4. The summed E-state index contributed by atoms with van der Waals surface area (Å²) in [7, 11) is 0. The lowest BCUT2D eigenvalue weighted by Crippen LogP contribution is -2.62. The number of β-lactam (4-membered cyclic amide) rings is 1. The molecule has 1 aliphatic rings. The quantitative estimate of drug-likeness (QED) is 0.507. The van der Waals surface area contributed by atoms with E-state index in [2.05, 4.69) is 0 Å². The molecule has 0 N–H and O–H groups in total. The van der Waals surface area contributed by atoms with E-state index in [4.69, 9.17) is 11.6 Å². The summed E-state index contributed by atoms with van der Waals surface area (Å²) < 4.78 is 35.5. The van der Waals surface area contributed by atoms with E-state index in [0.717, 1.165) is 4.90 Å². The highest BCUT2D eigenvalue weighted by atomic mass is 35.5. The van der Waals surface area contributed by atoms with Gasteiger partial charge in [-0.25, -0.2) is 0 Å². The molecule has 1 fully saturated rings. The monoisotopic (exact) mass is 215 g/mol. The number of carbonyl (C=O) groups excluding carboxylic acids is 1. The SMILES string of the molecule is CC1(CCl)CN(CC(F)(F)F)C1=O. The third-order valence-electron chi connectivity index (χ3n) is 2.01. The molecular formula is C7H9ClF3NO. The lowest BCUT2D eigenvalue weighted by molar-refractivity contribution is -0.184. The number of hydrogen-bond donors (Lipinski definition) is 0. The van der Waals surface area contributed by atoms with Crippen molar-refractivity contribution >= 4 is 17.5 Å². The summed E-state index contributed by atoms with van der Waals surface area (Å²) in [5.74, 6) is -0.444. The van der Waals surface area contributed by atoms with Crippen molar-refractivity contribution in [1.29, 1.82) is 0 Å². The first-order valence-electron chi connectivity index (χ1n) is 3.71. The summed E-state index contributed by atoms with van der Waals surface area (Å²) in [6, 6.07) is 0. The number of amides is 1. The molecule has 1 unspecified atom stereocenters. The van der Waals surface area contributed by atoms with Gasteiger partial charge in [-0.2, -0.15) is 13.2 Å². The van der Waals surface area contributed by atoms with E-state index >= 15 is 0 Å². The molecule has 0 aromatic rings. The second-order valence-corrected chi connectivity index (χ2v) is 3.74. The summed E-state index contributed by atoms with van der Waals surface area (Å²) in [4.78, 5) is 11.9. The van der Waals surface area contributed by atoms with Gasteiger partial charge in [0, 0.05) is 12.4 Å². The lowest BCUT2D eigenvalue weighted by Gasteiger charge is -2.45. The van der Waals surface area contributed by atoms with Gasteiger partial charge in [-0.1, -0.05) is 0 Å². The van der Waals surface area contributed by atoms with Crippen LogP contribution in [-0.4, -0.2) is 36.0 Å². The number of carbonyl (C=O) groups is 1. The van der Waals surface area contributed by atoms with Crippen molar-refractivity contribution < 1.29 is 18.0 Å². The van der Waals surface area contributed by atoms with Crippen molar-refractivity contribution in [3.8, 4) is 0 Å². The number of hydrogen-bond acceptors (Lipinski definition) is 1. The fraction of sp³-hybridized carbons (Fsp3) is 0.857. The van der Waals surface area contributed by atoms with Crippen molar-refractivity contribution in [3.63, 3.8) is 0 Å². The van der Waals surface area contributed by atoms with Crippen LogP contribution >= 0.6 is 11.6 Å². The van der Waals surface area contributed by atoms with E-state index in [-0.39, 0.29) is 12.4 Å². The highest BCUT2D eigenvalue weighted by Crippen LogP contribution is 2.34. The van der Waals surface area contributed by atoms with Crippen molar-refractivity contribution in [2.45, 2.75) is 13.1 Å². The Bertz CT molecular complexity index is 230. The molecule has 0 bridgehead atoms. The van der Waals surface area contributed by atoms with Crippen LogP contribution in [0.2, 0.25) is 0 Å². The Balaban J connectivity index is 2.50. The largest absolute Gasteiger partial charge is 0.406 e. The number of rotatable bonds is 2. The second-order valence-electron chi connectivity index (χ2n) is 3.47. The molecule has 6 heteroatoms. The Morgan fingerprint density at radius 2 is 2.15 bits per heavy atom. The van der Waals surface area contributed by atoms with Gasteiger partial charge in [0.25, 0.3) is 0 Å². The first kappa shape index (κ1) is 10.6. The fourth-order valence-electron chi connectivity index (χ4n) is 1.29. The zero-order valence-electron chi connectivity index (χ0n) is 6.99. The minimum Gasteiger partial charge on any atom is -0.332 e. The van der Waals surface area contributed by atoms with Crippen molar-refractivity contribution in [3.05, 3.63) is 0 Å². The van der Waals surface area contributed by atoms with Gasteiger partial charge in [0.15, 0.2) is 0 Å². The zero-order valence-corrected chi connectivity index (χ0v) is 7.74. The van der Waals surface area contributed by atoms with Crippen molar-refractivity contribution in [2.75, 3.05) is 19.0 Å². The van der Waals surface area contributed by atoms with E-state index < -0.39 is 24.0 Å². The topological polar surface area (TPSA) is 20.3 Å². The second kappa shape index (κ2) is 3.04. The molecule has 1 saturated heterocycles. The molecule has 1 atom stereocenters. The standard InChI is InChI=1S/C7H9ClF3NO/c1-6(2-8)3-12(5(6)13)4-7(9,10)11/h2-4H2,1H3. The molecule has 0 saturated carbocycles. The van der Waals surface area contributed by atoms with Crippen LogP contribution in [0, 0.1) is 5.41 Å². The first-order valence-corrected chi connectivity index (χ1v) is 4.24. The molecule has 1 heterocycles. The van der Waals surface area contributed by atoms with E-state index in [1.54, 1.807) is 6.92 Å². The third kappa shape index (κ3) is 2.07. The molecule has 0 aromatic carbocycles. The van der Waals surface area contributed by atoms with E-state index in [0.29, 0.717) is 0 Å². The van der Waals surface area contributed by atoms with Gasteiger partial charge in [0.2, 0.25) is 5.91 Å². The van der Waals surface area contributed by atoms with Crippen molar-refractivity contribution in [2.24, 2.45) is 5.41 Å². The Labute approximate surface area is 78.6 Å². The summed E-state index contributed by atoms with van der Waals surface area (Å²) >= 11 is 5.45. The highest BCUT2D eigenvalue weighted by Gasteiger charge is 2.50. The maximum Gasteiger partial charge on any atom is 0.406 e. The van der Waals surface area contributed by atoms with Crippen LogP contribution in [0.15, 0.2) is 0 Å². The number of nitrogens with zero attached hydrogens (tertiary/aromatic N) is 1. The van der Waals surface area contributed by atoms with Gasteiger partial charge < -0.3 is 4.90 Å². The third-order valence-corrected chi connectivity index (χ3v) is 2.60. The Morgan fingerprint density at radius 3 is 2.46 bits per heavy atom. The summed E-state index contributed by atoms with van der Waals surface area (Å²) in [6.45, 7) is 0.488. The maximum absolute atomic E-state index is 11.8. The van der Waals surface area contributed by atoms with Gasteiger partial charge in [-0.05, 0) is 6.92 Å². The maximum atomic E-state index is 11.8. The molecule has 1 rings (SSSR count).